The first-order chi connectivity index (χ1) is 4.83. The molecule has 0 aliphatic heterocycles. The van der Waals surface area contributed by atoms with Crippen molar-refractivity contribution >= 4 is 0 Å². The molecule has 0 aromatic carbocycles. The molecule has 0 bridgehead atoms. The van der Waals surface area contributed by atoms with E-state index in [4.69, 9.17) is 11.8 Å². The number of halogens is 2. The zero-order chi connectivity index (χ0) is 8.83. The SMILES string of the molecule is [C-]#N.[CH2]CCC.[CH2]CCC.[Cl-].[Cl-].[Cu].[Zn+2].[Zn+2]. The van der Waals surface area contributed by atoms with Crippen LogP contribution in [0.4, 0.5) is 0 Å². The van der Waals surface area contributed by atoms with Crippen molar-refractivity contribution in [2.24, 2.45) is 0 Å². The minimum atomic E-state index is 0. The molecular weight excluding hydrogens is 387 g/mol. The van der Waals surface area contributed by atoms with Crippen molar-refractivity contribution in [3.05, 3.63) is 20.4 Å². The normalized spacial score (nSPS) is 4.13. The summed E-state index contributed by atoms with van der Waals surface area (Å²) in [5.74, 6) is 0. The van der Waals surface area contributed by atoms with E-state index in [9.17, 15) is 0 Å². The number of hydrogen-bond donors (Lipinski definition) is 0. The topological polar surface area (TPSA) is 23.8 Å². The summed E-state index contributed by atoms with van der Waals surface area (Å²) >= 11 is 0. The van der Waals surface area contributed by atoms with Gasteiger partial charge in [-0.1, -0.05) is 53.4 Å². The average Bonchev–Trinajstić information content (AvgIpc) is 2.08. The molecule has 0 saturated heterocycles. The van der Waals surface area contributed by atoms with Gasteiger partial charge in [-0.25, -0.2) is 0 Å². The molecule has 0 amide bonds. The molecule has 0 saturated carbocycles. The van der Waals surface area contributed by atoms with Crippen LogP contribution < -0.4 is 24.8 Å². The largest absolute Gasteiger partial charge is 2.00 e. The van der Waals surface area contributed by atoms with Gasteiger partial charge in [-0.2, -0.15) is 0 Å². The van der Waals surface area contributed by atoms with E-state index in [1.807, 2.05) is 0 Å². The Morgan fingerprint density at radius 1 is 0.867 bits per heavy atom. The van der Waals surface area contributed by atoms with Crippen molar-refractivity contribution in [1.29, 1.82) is 5.26 Å². The first kappa shape index (κ1) is 54.1. The molecule has 0 aliphatic carbocycles. The van der Waals surface area contributed by atoms with Crippen LogP contribution in [0, 0.1) is 25.7 Å². The molecule has 0 aromatic rings. The summed E-state index contributed by atoms with van der Waals surface area (Å²) in [6, 6.07) is 0. The minimum Gasteiger partial charge on any atom is -1.00 e. The first-order valence-corrected chi connectivity index (χ1v) is 3.64. The number of hydrogen-bond acceptors (Lipinski definition) is 1. The second kappa shape index (κ2) is 102. The van der Waals surface area contributed by atoms with Crippen molar-refractivity contribution < 1.29 is 80.8 Å². The van der Waals surface area contributed by atoms with Crippen LogP contribution in [0.5, 0.6) is 0 Å². The molecule has 6 heteroatoms. The summed E-state index contributed by atoms with van der Waals surface area (Å²) < 4.78 is 0. The quantitative estimate of drug-likeness (QED) is 0.364. The van der Waals surface area contributed by atoms with Crippen LogP contribution in [0.2, 0.25) is 0 Å². The van der Waals surface area contributed by atoms with Crippen LogP contribution in [0.25, 0.3) is 0 Å². The summed E-state index contributed by atoms with van der Waals surface area (Å²) in [6.07, 6.45) is 4.56. The fraction of sp³-hybridized carbons (Fsp3) is 0.667. The van der Waals surface area contributed by atoms with Crippen molar-refractivity contribution in [2.75, 3.05) is 0 Å². The molecule has 3 radical (unpaired) electrons. The molecule has 0 aromatic heterocycles. The van der Waals surface area contributed by atoms with E-state index in [2.05, 4.69) is 27.7 Å². The average molecular weight is 405 g/mol. The van der Waals surface area contributed by atoms with Gasteiger partial charge in [0.1, 0.15) is 0 Å². The molecule has 87 valence electrons. The minimum absolute atomic E-state index is 0. The van der Waals surface area contributed by atoms with Gasteiger partial charge in [0, 0.05) is 17.1 Å². The summed E-state index contributed by atoms with van der Waals surface area (Å²) in [5, 5.41) is 6.25. The molecular formula is C9H18Cl2CuNZn2+. The zero-order valence-electron chi connectivity index (χ0n) is 9.66. The zero-order valence-corrected chi connectivity index (χ0v) is 18.0. The predicted molar refractivity (Wildman–Crippen MR) is 45.5 cm³/mol. The van der Waals surface area contributed by atoms with Crippen molar-refractivity contribution in [1.82, 2.24) is 0 Å². The molecule has 0 spiro atoms. The Balaban J connectivity index is -0.00000000726. The Labute approximate surface area is 145 Å². The van der Waals surface area contributed by atoms with E-state index in [1.165, 1.54) is 12.8 Å². The van der Waals surface area contributed by atoms with E-state index < -0.39 is 0 Å². The molecule has 15 heavy (non-hydrogen) atoms. The van der Waals surface area contributed by atoms with E-state index in [0.29, 0.717) is 0 Å². The third kappa shape index (κ3) is 206. The van der Waals surface area contributed by atoms with E-state index in [0.717, 1.165) is 12.8 Å². The van der Waals surface area contributed by atoms with Crippen molar-refractivity contribution in [2.45, 2.75) is 39.5 Å². The summed E-state index contributed by atoms with van der Waals surface area (Å²) in [7, 11) is 0. The standard InChI is InChI=1S/2C4H9.CN.2ClH.Cu.2Zn/c2*1-3-4-2;1-2;;;;;/h2*1,3-4H2,2H3;;2*1H;;;/q;;-1;;;;2*+2/p-2. The molecule has 0 rings (SSSR count). The Hall–Kier alpha value is 1.84. The number of nitrogens with zero attached hydrogens (tertiary/aromatic N) is 1. The summed E-state index contributed by atoms with van der Waals surface area (Å²) in [5.41, 5.74) is 0. The van der Waals surface area contributed by atoms with E-state index in [-0.39, 0.29) is 80.8 Å². The predicted octanol–water partition coefficient (Wildman–Crippen LogP) is -2.66. The van der Waals surface area contributed by atoms with E-state index >= 15 is 0 Å². The van der Waals surface area contributed by atoms with Gasteiger partial charge in [-0.05, 0) is 0 Å². The Bertz CT molecular complexity index is 52.6. The Kier molecular flexibility index (Phi) is 369. The maximum absolute atomic E-state index is 6.25. The maximum Gasteiger partial charge on any atom is 2.00 e. The van der Waals surface area contributed by atoms with E-state index in [1.54, 1.807) is 0 Å². The number of unbranched alkanes of at least 4 members (excludes halogenated alkanes) is 2. The summed E-state index contributed by atoms with van der Waals surface area (Å²) in [4.78, 5) is 0. The third-order valence-corrected chi connectivity index (χ3v) is 0.707. The van der Waals surface area contributed by atoms with Crippen LogP contribution in [0.15, 0.2) is 0 Å². The second-order valence-corrected chi connectivity index (χ2v) is 1.71. The first-order valence-electron chi connectivity index (χ1n) is 3.64. The van der Waals surface area contributed by atoms with Gasteiger partial charge < -0.3 is 36.6 Å². The van der Waals surface area contributed by atoms with Crippen molar-refractivity contribution in [3.8, 4) is 0 Å². The molecule has 0 atom stereocenters. The van der Waals surface area contributed by atoms with Crippen molar-refractivity contribution in [3.63, 3.8) is 0 Å². The van der Waals surface area contributed by atoms with Crippen LogP contribution in [-0.2, 0) is 56.0 Å². The number of rotatable bonds is 2. The molecule has 0 aliphatic rings. The van der Waals surface area contributed by atoms with Gasteiger partial charge >= 0.3 is 39.0 Å². The fourth-order valence-electron chi connectivity index (χ4n) is 0. The van der Waals surface area contributed by atoms with Gasteiger partial charge in [-0.3, -0.25) is 0 Å². The van der Waals surface area contributed by atoms with Crippen LogP contribution in [-0.4, -0.2) is 0 Å². The molecule has 0 N–H and O–H groups in total. The summed E-state index contributed by atoms with van der Waals surface area (Å²) in [6.45, 7) is 16.2. The van der Waals surface area contributed by atoms with Gasteiger partial charge in [0.2, 0.25) is 0 Å². The maximum atomic E-state index is 6.25. The smallest absolute Gasteiger partial charge is 1.00 e. The van der Waals surface area contributed by atoms with Crippen LogP contribution >= 0.6 is 0 Å². The Morgan fingerprint density at radius 2 is 0.933 bits per heavy atom. The van der Waals surface area contributed by atoms with Crippen LogP contribution in [0.3, 0.4) is 0 Å². The second-order valence-electron chi connectivity index (χ2n) is 1.71. The molecule has 1 nitrogen and oxygen atoms in total. The van der Waals surface area contributed by atoms with Gasteiger partial charge in [0.25, 0.3) is 0 Å². The molecule has 0 fully saturated rings. The molecule has 0 heterocycles. The van der Waals surface area contributed by atoms with Gasteiger partial charge in [0.15, 0.2) is 0 Å². The third-order valence-electron chi connectivity index (χ3n) is 0.707. The van der Waals surface area contributed by atoms with Gasteiger partial charge in [0.05, 0.1) is 0 Å². The Morgan fingerprint density at radius 3 is 0.933 bits per heavy atom. The van der Waals surface area contributed by atoms with Gasteiger partial charge in [-0.15, -0.1) is 0 Å². The monoisotopic (exact) mass is 401 g/mol. The fourth-order valence-corrected chi connectivity index (χ4v) is 0. The van der Waals surface area contributed by atoms with Crippen LogP contribution in [0.1, 0.15) is 39.5 Å². The molecule has 0 unspecified atom stereocenters.